The fourth-order valence-corrected chi connectivity index (χ4v) is 2.51. The number of nitrogens with one attached hydrogen (secondary N) is 2. The van der Waals surface area contributed by atoms with Crippen LogP contribution < -0.4 is 10.6 Å². The molecule has 2 N–H and O–H groups in total. The molecular weight excluding hydrogens is 317 g/mol. The molecule has 2 amide bonds. The molecule has 130 valence electrons. The molecule has 1 aromatic carbocycles. The van der Waals surface area contributed by atoms with E-state index in [1.807, 2.05) is 0 Å². The Labute approximate surface area is 139 Å². The molecule has 24 heavy (non-hydrogen) atoms. The van der Waals surface area contributed by atoms with Crippen molar-refractivity contribution in [3.8, 4) is 0 Å². The van der Waals surface area contributed by atoms with Crippen LogP contribution in [-0.4, -0.2) is 55.5 Å². The van der Waals surface area contributed by atoms with E-state index in [9.17, 15) is 18.8 Å². The number of aryl methyl sites for hydroxylation is 1. The first-order valence-electron chi connectivity index (χ1n) is 7.55. The van der Waals surface area contributed by atoms with Crippen LogP contribution in [-0.2, 0) is 19.1 Å². The predicted molar refractivity (Wildman–Crippen MR) is 84.8 cm³/mol. The molecule has 1 aliphatic rings. The number of ether oxygens (including phenoxy) is 1. The zero-order valence-corrected chi connectivity index (χ0v) is 13.6. The van der Waals surface area contributed by atoms with Gasteiger partial charge < -0.3 is 15.4 Å². The number of benzene rings is 1. The molecule has 0 saturated carbocycles. The minimum atomic E-state index is -0.778. The van der Waals surface area contributed by atoms with Gasteiger partial charge in [-0.3, -0.25) is 19.3 Å². The van der Waals surface area contributed by atoms with Crippen molar-refractivity contribution < 1.29 is 23.5 Å². The highest BCUT2D eigenvalue weighted by molar-refractivity contribution is 5.93. The lowest BCUT2D eigenvalue weighted by Crippen LogP contribution is -2.57. The normalized spacial score (nSPS) is 18.0. The predicted octanol–water partition coefficient (Wildman–Crippen LogP) is 0.436. The third-order valence-corrected chi connectivity index (χ3v) is 3.77. The van der Waals surface area contributed by atoms with E-state index in [4.69, 9.17) is 0 Å². The second-order valence-corrected chi connectivity index (χ2v) is 5.59. The highest BCUT2D eigenvalue weighted by Crippen LogP contribution is 2.16. The van der Waals surface area contributed by atoms with Crippen LogP contribution >= 0.6 is 0 Å². The van der Waals surface area contributed by atoms with E-state index in [0.717, 1.165) is 5.56 Å². The molecule has 8 heteroatoms. The van der Waals surface area contributed by atoms with Gasteiger partial charge in [-0.25, -0.2) is 4.39 Å². The number of rotatable bonds is 5. The highest BCUT2D eigenvalue weighted by atomic mass is 19.1. The maximum Gasteiger partial charge on any atom is 0.307 e. The summed E-state index contributed by atoms with van der Waals surface area (Å²) >= 11 is 0. The smallest absolute Gasteiger partial charge is 0.307 e. The van der Waals surface area contributed by atoms with Crippen LogP contribution in [0.4, 0.5) is 10.1 Å². The summed E-state index contributed by atoms with van der Waals surface area (Å²) in [7, 11) is 1.24. The summed E-state index contributed by atoms with van der Waals surface area (Å²) in [6.45, 7) is 2.42. The number of piperazine rings is 1. The Morgan fingerprint density at radius 1 is 1.46 bits per heavy atom. The molecule has 1 fully saturated rings. The van der Waals surface area contributed by atoms with Crippen molar-refractivity contribution in [2.45, 2.75) is 19.4 Å². The molecule has 0 spiro atoms. The molecule has 1 aromatic rings. The number of carbonyl (C=O) groups is 3. The van der Waals surface area contributed by atoms with Crippen molar-refractivity contribution in [2.24, 2.45) is 0 Å². The minimum Gasteiger partial charge on any atom is -0.469 e. The van der Waals surface area contributed by atoms with Gasteiger partial charge in [0, 0.05) is 13.1 Å². The van der Waals surface area contributed by atoms with E-state index in [-0.39, 0.29) is 24.6 Å². The van der Waals surface area contributed by atoms with Gasteiger partial charge in [-0.15, -0.1) is 0 Å². The molecule has 7 nitrogen and oxygen atoms in total. The molecule has 0 bridgehead atoms. The lowest BCUT2D eigenvalue weighted by atomic mass is 10.1. The number of halogens is 1. The molecule has 1 heterocycles. The maximum absolute atomic E-state index is 13.8. The zero-order valence-electron chi connectivity index (χ0n) is 13.6. The largest absolute Gasteiger partial charge is 0.469 e. The summed E-state index contributed by atoms with van der Waals surface area (Å²) in [6, 6.07) is 3.72. The second kappa shape index (κ2) is 7.87. The Morgan fingerprint density at radius 2 is 2.21 bits per heavy atom. The van der Waals surface area contributed by atoms with E-state index in [1.54, 1.807) is 17.9 Å². The van der Waals surface area contributed by atoms with Crippen molar-refractivity contribution in [1.29, 1.82) is 0 Å². The minimum absolute atomic E-state index is 0.0802. The lowest BCUT2D eigenvalue weighted by Gasteiger charge is -2.33. The topological polar surface area (TPSA) is 87.7 Å². The van der Waals surface area contributed by atoms with E-state index < -0.39 is 23.7 Å². The number of methoxy groups -OCH3 is 1. The summed E-state index contributed by atoms with van der Waals surface area (Å²) in [4.78, 5) is 37.1. The Morgan fingerprint density at radius 3 is 2.88 bits per heavy atom. The van der Waals surface area contributed by atoms with Crippen molar-refractivity contribution in [3.63, 3.8) is 0 Å². The van der Waals surface area contributed by atoms with Gasteiger partial charge >= 0.3 is 5.97 Å². The van der Waals surface area contributed by atoms with Gasteiger partial charge in [-0.2, -0.15) is 0 Å². The molecule has 0 unspecified atom stereocenters. The summed E-state index contributed by atoms with van der Waals surface area (Å²) in [5, 5.41) is 5.13. The molecule has 1 atom stereocenters. The van der Waals surface area contributed by atoms with Crippen LogP contribution in [0.25, 0.3) is 0 Å². The number of esters is 1. The van der Waals surface area contributed by atoms with Gasteiger partial charge in [-0.05, 0) is 24.6 Å². The number of anilines is 1. The standard InChI is InChI=1S/C16H20FN3O4/c1-10-3-4-12(11(17)7-10)19-14(21)9-20-6-5-18-16(23)13(20)8-15(22)24-2/h3-4,7,13H,5-6,8-9H2,1-2H3,(H,18,23)(H,19,21)/t13-/m1/s1. The first kappa shape index (κ1) is 17.9. The van der Waals surface area contributed by atoms with Gasteiger partial charge in [0.1, 0.15) is 11.9 Å². The molecule has 0 radical (unpaired) electrons. The van der Waals surface area contributed by atoms with Crippen molar-refractivity contribution in [3.05, 3.63) is 29.6 Å². The first-order valence-corrected chi connectivity index (χ1v) is 7.55. The van der Waals surface area contributed by atoms with Gasteiger partial charge in [0.05, 0.1) is 25.8 Å². The average Bonchev–Trinajstić information content (AvgIpc) is 2.53. The monoisotopic (exact) mass is 337 g/mol. The lowest BCUT2D eigenvalue weighted by molar-refractivity contribution is -0.146. The van der Waals surface area contributed by atoms with Crippen LogP contribution in [0.2, 0.25) is 0 Å². The molecule has 0 aromatic heterocycles. The zero-order chi connectivity index (χ0) is 17.7. The van der Waals surface area contributed by atoms with Crippen molar-refractivity contribution in [1.82, 2.24) is 10.2 Å². The number of nitrogens with zero attached hydrogens (tertiary/aromatic N) is 1. The number of amides is 2. The Hall–Kier alpha value is -2.48. The Bertz CT molecular complexity index is 650. The van der Waals surface area contributed by atoms with E-state index in [2.05, 4.69) is 15.4 Å². The van der Waals surface area contributed by atoms with E-state index in [1.165, 1.54) is 19.2 Å². The third kappa shape index (κ3) is 4.51. The first-order chi connectivity index (χ1) is 11.4. The molecule has 1 aliphatic heterocycles. The van der Waals surface area contributed by atoms with Gasteiger partial charge in [0.15, 0.2) is 0 Å². The van der Waals surface area contributed by atoms with Crippen LogP contribution in [0, 0.1) is 12.7 Å². The fraction of sp³-hybridized carbons (Fsp3) is 0.438. The van der Waals surface area contributed by atoms with E-state index >= 15 is 0 Å². The highest BCUT2D eigenvalue weighted by Gasteiger charge is 2.33. The third-order valence-electron chi connectivity index (χ3n) is 3.77. The maximum atomic E-state index is 13.8. The van der Waals surface area contributed by atoms with Crippen molar-refractivity contribution >= 4 is 23.5 Å². The van der Waals surface area contributed by atoms with Gasteiger partial charge in [0.25, 0.3) is 0 Å². The fourth-order valence-electron chi connectivity index (χ4n) is 2.51. The molecule has 0 aliphatic carbocycles. The summed E-state index contributed by atoms with van der Waals surface area (Å²) in [6.07, 6.45) is -0.144. The van der Waals surface area contributed by atoms with Crippen molar-refractivity contribution in [2.75, 3.05) is 32.1 Å². The molecule has 1 saturated heterocycles. The van der Waals surface area contributed by atoms with Gasteiger partial charge in [0.2, 0.25) is 11.8 Å². The van der Waals surface area contributed by atoms with Crippen LogP contribution in [0.15, 0.2) is 18.2 Å². The summed E-state index contributed by atoms with van der Waals surface area (Å²) in [5.41, 5.74) is 0.827. The van der Waals surface area contributed by atoms with Crippen LogP contribution in [0.5, 0.6) is 0 Å². The average molecular weight is 337 g/mol. The summed E-state index contributed by atoms with van der Waals surface area (Å²) < 4.78 is 18.4. The molecule has 2 rings (SSSR count). The molecular formula is C16H20FN3O4. The summed E-state index contributed by atoms with van der Waals surface area (Å²) in [5.74, 6) is -1.85. The second-order valence-electron chi connectivity index (χ2n) is 5.59. The number of carbonyl (C=O) groups excluding carboxylic acids is 3. The van der Waals surface area contributed by atoms with Gasteiger partial charge in [-0.1, -0.05) is 6.07 Å². The Kier molecular flexibility index (Phi) is 5.86. The van der Waals surface area contributed by atoms with Crippen LogP contribution in [0.1, 0.15) is 12.0 Å². The Balaban J connectivity index is 2.02. The number of hydrogen-bond donors (Lipinski definition) is 2. The number of hydrogen-bond acceptors (Lipinski definition) is 5. The SMILES string of the molecule is COC(=O)C[C@@H]1C(=O)NCCN1CC(=O)Nc1ccc(C)cc1F. The van der Waals surface area contributed by atoms with Crippen LogP contribution in [0.3, 0.4) is 0 Å². The quantitative estimate of drug-likeness (QED) is 0.761. The van der Waals surface area contributed by atoms with E-state index in [0.29, 0.717) is 13.1 Å².